The van der Waals surface area contributed by atoms with E-state index in [-0.39, 0.29) is 11.8 Å². The van der Waals surface area contributed by atoms with E-state index in [1.54, 1.807) is 19.9 Å². The topological polar surface area (TPSA) is 87.4 Å². The lowest BCUT2D eigenvalue weighted by Gasteiger charge is -2.19. The van der Waals surface area contributed by atoms with Gasteiger partial charge in [-0.3, -0.25) is 4.79 Å². The summed E-state index contributed by atoms with van der Waals surface area (Å²) in [7, 11) is 0. The van der Waals surface area contributed by atoms with Crippen molar-refractivity contribution in [3.8, 4) is 0 Å². The number of anilines is 3. The van der Waals surface area contributed by atoms with E-state index in [1.165, 1.54) is 0 Å². The van der Waals surface area contributed by atoms with E-state index in [1.807, 2.05) is 12.1 Å². The van der Waals surface area contributed by atoms with Gasteiger partial charge in [-0.25, -0.2) is 0 Å². The molecule has 0 aromatic heterocycles. The molecular formula is C14H21N3O2. The van der Waals surface area contributed by atoms with Crippen LogP contribution >= 0.6 is 0 Å². The van der Waals surface area contributed by atoms with Crippen LogP contribution in [0, 0.1) is 5.92 Å². The maximum atomic E-state index is 11.6. The number of hydrogen-bond acceptors (Lipinski definition) is 4. The standard InChI is InChI=1S/C14H21N3O2/c1-14(2,19)8-16-12-6-5-10(7-11(12)15)17-13(18)9-3-4-9/h5-7,9,16,19H,3-4,8,15H2,1-2H3,(H,17,18). The first-order valence-electron chi connectivity index (χ1n) is 6.52. The molecule has 1 aliphatic rings. The molecule has 0 heterocycles. The van der Waals surface area contributed by atoms with Gasteiger partial charge in [0.05, 0.1) is 17.0 Å². The van der Waals surface area contributed by atoms with Crippen molar-refractivity contribution >= 4 is 23.0 Å². The minimum Gasteiger partial charge on any atom is -0.397 e. The molecule has 0 spiro atoms. The second-order valence-corrected chi connectivity index (χ2v) is 5.73. The zero-order valence-corrected chi connectivity index (χ0v) is 11.4. The molecule has 1 aromatic rings. The molecule has 0 bridgehead atoms. The molecule has 0 aliphatic heterocycles. The van der Waals surface area contributed by atoms with Crippen molar-refractivity contribution in [1.82, 2.24) is 0 Å². The van der Waals surface area contributed by atoms with Crippen LogP contribution in [-0.2, 0) is 4.79 Å². The van der Waals surface area contributed by atoms with E-state index in [2.05, 4.69) is 10.6 Å². The number of rotatable bonds is 5. The Morgan fingerprint density at radius 1 is 1.47 bits per heavy atom. The molecule has 5 nitrogen and oxygen atoms in total. The Morgan fingerprint density at radius 2 is 2.16 bits per heavy atom. The SMILES string of the molecule is CC(C)(O)CNc1ccc(NC(=O)C2CC2)cc1N. The molecule has 0 unspecified atom stereocenters. The lowest BCUT2D eigenvalue weighted by Crippen LogP contribution is -2.29. The van der Waals surface area contributed by atoms with Crippen molar-refractivity contribution in [3.63, 3.8) is 0 Å². The van der Waals surface area contributed by atoms with Crippen LogP contribution in [0.15, 0.2) is 18.2 Å². The highest BCUT2D eigenvalue weighted by atomic mass is 16.3. The van der Waals surface area contributed by atoms with Crippen molar-refractivity contribution < 1.29 is 9.90 Å². The number of carbonyl (C=O) groups is 1. The highest BCUT2D eigenvalue weighted by Gasteiger charge is 2.29. The van der Waals surface area contributed by atoms with Crippen molar-refractivity contribution in [2.45, 2.75) is 32.3 Å². The Kier molecular flexibility index (Phi) is 3.66. The predicted octanol–water partition coefficient (Wildman–Crippen LogP) is 1.80. The lowest BCUT2D eigenvalue weighted by atomic mass is 10.1. The molecule has 2 rings (SSSR count). The van der Waals surface area contributed by atoms with Crippen LogP contribution in [0.25, 0.3) is 0 Å². The van der Waals surface area contributed by atoms with Gasteiger partial charge >= 0.3 is 0 Å². The average molecular weight is 263 g/mol. The Labute approximate surface area is 113 Å². The second-order valence-electron chi connectivity index (χ2n) is 5.73. The van der Waals surface area contributed by atoms with Crippen LogP contribution in [-0.4, -0.2) is 23.2 Å². The number of aliphatic hydroxyl groups is 1. The highest BCUT2D eigenvalue weighted by Crippen LogP contribution is 2.31. The normalized spacial score (nSPS) is 15.1. The summed E-state index contributed by atoms with van der Waals surface area (Å²) in [4.78, 5) is 11.6. The molecule has 1 aliphatic carbocycles. The fourth-order valence-electron chi connectivity index (χ4n) is 1.70. The van der Waals surface area contributed by atoms with Gasteiger partial charge in [0, 0.05) is 18.2 Å². The zero-order chi connectivity index (χ0) is 14.0. The Hall–Kier alpha value is -1.75. The van der Waals surface area contributed by atoms with Gasteiger partial charge < -0.3 is 21.5 Å². The van der Waals surface area contributed by atoms with E-state index in [0.717, 1.165) is 18.5 Å². The Bertz CT molecular complexity index is 476. The Morgan fingerprint density at radius 3 is 2.68 bits per heavy atom. The maximum absolute atomic E-state index is 11.6. The molecule has 1 fully saturated rings. The molecular weight excluding hydrogens is 242 g/mol. The minimum atomic E-state index is -0.800. The van der Waals surface area contributed by atoms with Crippen molar-refractivity contribution in [1.29, 1.82) is 0 Å². The first-order chi connectivity index (χ1) is 8.85. The molecule has 1 saturated carbocycles. The molecule has 5 heteroatoms. The second kappa shape index (κ2) is 5.09. The van der Waals surface area contributed by atoms with Crippen molar-refractivity contribution in [3.05, 3.63) is 18.2 Å². The van der Waals surface area contributed by atoms with Gasteiger partial charge in [-0.2, -0.15) is 0 Å². The number of nitrogens with one attached hydrogen (secondary N) is 2. The van der Waals surface area contributed by atoms with E-state index < -0.39 is 5.60 Å². The predicted molar refractivity (Wildman–Crippen MR) is 77.0 cm³/mol. The number of amides is 1. The van der Waals surface area contributed by atoms with Gasteiger partial charge in [0.25, 0.3) is 0 Å². The summed E-state index contributed by atoms with van der Waals surface area (Å²) in [5.41, 5.74) is 7.14. The van der Waals surface area contributed by atoms with Crippen LogP contribution < -0.4 is 16.4 Å². The number of nitrogen functional groups attached to an aromatic ring is 1. The fourth-order valence-corrected chi connectivity index (χ4v) is 1.70. The summed E-state index contributed by atoms with van der Waals surface area (Å²) >= 11 is 0. The van der Waals surface area contributed by atoms with E-state index in [0.29, 0.717) is 17.9 Å². The van der Waals surface area contributed by atoms with Crippen LogP contribution in [0.2, 0.25) is 0 Å². The summed E-state index contributed by atoms with van der Waals surface area (Å²) in [6.45, 7) is 3.85. The van der Waals surface area contributed by atoms with Gasteiger partial charge in [0.15, 0.2) is 0 Å². The zero-order valence-electron chi connectivity index (χ0n) is 11.4. The summed E-state index contributed by atoms with van der Waals surface area (Å²) in [5.74, 6) is 0.241. The largest absolute Gasteiger partial charge is 0.397 e. The van der Waals surface area contributed by atoms with E-state index >= 15 is 0 Å². The van der Waals surface area contributed by atoms with Crippen molar-refractivity contribution in [2.24, 2.45) is 5.92 Å². The third kappa shape index (κ3) is 4.13. The molecule has 5 N–H and O–H groups in total. The molecule has 0 atom stereocenters. The summed E-state index contributed by atoms with van der Waals surface area (Å²) in [5, 5.41) is 15.6. The van der Waals surface area contributed by atoms with Crippen LogP contribution in [0.1, 0.15) is 26.7 Å². The van der Waals surface area contributed by atoms with Gasteiger partial charge in [0.2, 0.25) is 5.91 Å². The number of nitrogens with two attached hydrogens (primary N) is 1. The van der Waals surface area contributed by atoms with Gasteiger partial charge in [-0.1, -0.05) is 0 Å². The third-order valence-corrected chi connectivity index (χ3v) is 2.98. The van der Waals surface area contributed by atoms with Crippen LogP contribution in [0.4, 0.5) is 17.1 Å². The summed E-state index contributed by atoms with van der Waals surface area (Å²) in [6.07, 6.45) is 1.96. The fraction of sp³-hybridized carbons (Fsp3) is 0.500. The smallest absolute Gasteiger partial charge is 0.227 e. The first kappa shape index (κ1) is 13.7. The monoisotopic (exact) mass is 263 g/mol. The Balaban J connectivity index is 1.98. The molecule has 1 amide bonds. The molecule has 104 valence electrons. The maximum Gasteiger partial charge on any atom is 0.227 e. The molecule has 1 aromatic carbocycles. The van der Waals surface area contributed by atoms with Gasteiger partial charge in [0.1, 0.15) is 0 Å². The number of carbonyl (C=O) groups excluding carboxylic acids is 1. The highest BCUT2D eigenvalue weighted by molar-refractivity contribution is 5.95. The van der Waals surface area contributed by atoms with Crippen molar-refractivity contribution in [2.75, 3.05) is 22.9 Å². The van der Waals surface area contributed by atoms with Crippen LogP contribution in [0.5, 0.6) is 0 Å². The number of benzene rings is 1. The lowest BCUT2D eigenvalue weighted by molar-refractivity contribution is -0.117. The summed E-state index contributed by atoms with van der Waals surface area (Å²) in [6, 6.07) is 5.35. The third-order valence-electron chi connectivity index (χ3n) is 2.98. The first-order valence-corrected chi connectivity index (χ1v) is 6.52. The van der Waals surface area contributed by atoms with Gasteiger partial charge in [-0.15, -0.1) is 0 Å². The average Bonchev–Trinajstić information content (AvgIpc) is 3.10. The van der Waals surface area contributed by atoms with E-state index in [4.69, 9.17) is 5.73 Å². The molecule has 19 heavy (non-hydrogen) atoms. The van der Waals surface area contributed by atoms with Crippen LogP contribution in [0.3, 0.4) is 0 Å². The summed E-state index contributed by atoms with van der Waals surface area (Å²) < 4.78 is 0. The van der Waals surface area contributed by atoms with E-state index in [9.17, 15) is 9.90 Å². The molecule has 0 saturated heterocycles. The number of hydrogen-bond donors (Lipinski definition) is 4. The van der Waals surface area contributed by atoms with Gasteiger partial charge in [-0.05, 0) is 44.9 Å². The minimum absolute atomic E-state index is 0.0663. The molecule has 0 radical (unpaired) electrons. The quantitative estimate of drug-likeness (QED) is 0.610.